The molecule has 1 aliphatic carbocycles. The first-order chi connectivity index (χ1) is 15.9. The molecule has 7 heteroatoms. The number of hydrogen-bond donors (Lipinski definition) is 0. The first-order valence-corrected chi connectivity index (χ1v) is 11.5. The van der Waals surface area contributed by atoms with Gasteiger partial charge in [0, 0.05) is 19.5 Å². The van der Waals surface area contributed by atoms with E-state index in [9.17, 15) is 22.8 Å². The molecule has 4 nitrogen and oxygen atoms in total. The van der Waals surface area contributed by atoms with Crippen molar-refractivity contribution >= 4 is 17.4 Å². The Morgan fingerprint density at radius 1 is 1.12 bits per heavy atom. The molecule has 34 heavy (non-hydrogen) atoms. The van der Waals surface area contributed by atoms with Crippen LogP contribution in [0.15, 0.2) is 53.6 Å². The Balaban J connectivity index is 0.000000533. The molecule has 0 heterocycles. The van der Waals surface area contributed by atoms with Crippen LogP contribution < -0.4 is 0 Å². The Labute approximate surface area is 201 Å². The van der Waals surface area contributed by atoms with Gasteiger partial charge in [-0.2, -0.15) is 13.2 Å². The van der Waals surface area contributed by atoms with Gasteiger partial charge in [-0.3, -0.25) is 9.59 Å². The second-order valence-electron chi connectivity index (χ2n) is 8.50. The fourth-order valence-electron chi connectivity index (χ4n) is 2.95. The van der Waals surface area contributed by atoms with Crippen LogP contribution in [0, 0.1) is 5.92 Å². The fraction of sp³-hybridized carbons (Fsp3) is 0.481. The number of allylic oxidation sites excluding steroid dienone is 6. The van der Waals surface area contributed by atoms with Crippen molar-refractivity contribution < 1.29 is 27.5 Å². The fourth-order valence-corrected chi connectivity index (χ4v) is 2.95. The number of esters is 1. The van der Waals surface area contributed by atoms with Crippen molar-refractivity contribution in [3.63, 3.8) is 0 Å². The number of amides is 1. The molecule has 0 bridgehead atoms. The third-order valence-corrected chi connectivity index (χ3v) is 5.10. The predicted octanol–water partition coefficient (Wildman–Crippen LogP) is 6.53. The van der Waals surface area contributed by atoms with E-state index >= 15 is 0 Å². The molecule has 188 valence electrons. The maximum Gasteiger partial charge on any atom is 0.416 e. The zero-order chi connectivity index (χ0) is 25.9. The van der Waals surface area contributed by atoms with Crippen molar-refractivity contribution in [3.05, 3.63) is 64.8 Å². The number of ether oxygens (including phenoxy) is 1. The van der Waals surface area contributed by atoms with Crippen LogP contribution in [0.5, 0.6) is 0 Å². The first-order valence-electron chi connectivity index (χ1n) is 11.5. The van der Waals surface area contributed by atoms with E-state index in [2.05, 4.69) is 0 Å². The number of carbonyl (C=O) groups excluding carboxylic acids is 2. The lowest BCUT2D eigenvalue weighted by atomic mass is 10.0. The topological polar surface area (TPSA) is 46.6 Å². The molecule has 1 amide bonds. The third-order valence-electron chi connectivity index (χ3n) is 5.10. The van der Waals surface area contributed by atoms with E-state index in [0.29, 0.717) is 29.6 Å². The van der Waals surface area contributed by atoms with E-state index in [-0.39, 0.29) is 12.4 Å². The number of rotatable bonds is 8. The molecule has 1 aromatic carbocycles. The minimum absolute atomic E-state index is 0.135. The SMILES string of the molecule is CCN(C)C(=O)C1CC1.CCOC(=O)Cc1cccc(/C(C)=C/C=C(\C=C(C)C)C(F)(F)F)c1. The molecule has 1 aliphatic rings. The van der Waals surface area contributed by atoms with Crippen molar-refractivity contribution in [3.8, 4) is 0 Å². The summed E-state index contributed by atoms with van der Waals surface area (Å²) in [7, 11) is 1.86. The average molecular weight is 480 g/mol. The van der Waals surface area contributed by atoms with Crippen LogP contribution in [0.4, 0.5) is 13.2 Å². The van der Waals surface area contributed by atoms with Gasteiger partial charge in [0.05, 0.1) is 18.6 Å². The van der Waals surface area contributed by atoms with Crippen LogP contribution in [-0.4, -0.2) is 43.2 Å². The molecule has 0 spiro atoms. The van der Waals surface area contributed by atoms with E-state index in [1.165, 1.54) is 6.08 Å². The zero-order valence-corrected chi connectivity index (χ0v) is 21.0. The Morgan fingerprint density at radius 2 is 1.76 bits per heavy atom. The summed E-state index contributed by atoms with van der Waals surface area (Å²) in [6.07, 6.45) is 1.58. The highest BCUT2D eigenvalue weighted by molar-refractivity contribution is 5.80. The summed E-state index contributed by atoms with van der Waals surface area (Å²) >= 11 is 0. The molecule has 1 aromatic rings. The highest BCUT2D eigenvalue weighted by Crippen LogP contribution is 2.30. The number of halogens is 3. The largest absolute Gasteiger partial charge is 0.466 e. The highest BCUT2D eigenvalue weighted by atomic mass is 19.4. The molecular formula is C27H36F3NO3. The highest BCUT2D eigenvalue weighted by Gasteiger charge is 2.32. The van der Waals surface area contributed by atoms with Gasteiger partial charge in [-0.05, 0) is 70.2 Å². The predicted molar refractivity (Wildman–Crippen MR) is 130 cm³/mol. The van der Waals surface area contributed by atoms with E-state index < -0.39 is 11.7 Å². The van der Waals surface area contributed by atoms with Crippen molar-refractivity contribution in [2.45, 2.75) is 60.1 Å². The van der Waals surface area contributed by atoms with Crippen molar-refractivity contribution in [1.82, 2.24) is 4.90 Å². The zero-order valence-electron chi connectivity index (χ0n) is 21.0. The molecule has 0 radical (unpaired) electrons. The lowest BCUT2D eigenvalue weighted by molar-refractivity contribution is -0.142. The van der Waals surface area contributed by atoms with E-state index in [1.807, 2.05) is 14.0 Å². The quantitative estimate of drug-likeness (QED) is 0.315. The standard InChI is InChI=1S/C20H23F3O2.C7H13NO/c1-5-25-19(24)13-16-7-6-8-17(12-16)15(4)9-10-18(11-14(2)3)20(21,22)23;1-3-8(2)7(9)6-4-5-6/h6-12H,5,13H2,1-4H3;6H,3-5H2,1-2H3/b15-9+,18-10+;. The maximum atomic E-state index is 13.0. The van der Waals surface area contributed by atoms with Gasteiger partial charge < -0.3 is 9.64 Å². The van der Waals surface area contributed by atoms with Gasteiger partial charge in [0.1, 0.15) is 0 Å². The number of nitrogens with zero attached hydrogens (tertiary/aromatic N) is 1. The smallest absolute Gasteiger partial charge is 0.416 e. The van der Waals surface area contributed by atoms with Crippen LogP contribution in [0.25, 0.3) is 5.57 Å². The van der Waals surface area contributed by atoms with Gasteiger partial charge in [0.15, 0.2) is 0 Å². The maximum absolute atomic E-state index is 13.0. The van der Waals surface area contributed by atoms with Gasteiger partial charge in [0.2, 0.25) is 5.91 Å². The van der Waals surface area contributed by atoms with Gasteiger partial charge in [-0.15, -0.1) is 0 Å². The minimum Gasteiger partial charge on any atom is -0.466 e. The summed E-state index contributed by atoms with van der Waals surface area (Å²) < 4.78 is 44.0. The summed E-state index contributed by atoms with van der Waals surface area (Å²) in [5, 5.41) is 0. The summed E-state index contributed by atoms with van der Waals surface area (Å²) in [5.74, 6) is 0.386. The molecule has 0 aromatic heterocycles. The Bertz CT molecular complexity index is 921. The van der Waals surface area contributed by atoms with Gasteiger partial charge in [0.25, 0.3) is 0 Å². The second-order valence-corrected chi connectivity index (χ2v) is 8.50. The normalized spacial score (nSPS) is 14.0. The van der Waals surface area contributed by atoms with Crippen LogP contribution in [0.1, 0.15) is 58.6 Å². The number of hydrogen-bond acceptors (Lipinski definition) is 3. The lowest BCUT2D eigenvalue weighted by Crippen LogP contribution is -2.27. The lowest BCUT2D eigenvalue weighted by Gasteiger charge is -2.12. The van der Waals surface area contributed by atoms with Crippen molar-refractivity contribution in [1.29, 1.82) is 0 Å². The Hall–Kier alpha value is -2.83. The molecule has 0 unspecified atom stereocenters. The molecule has 1 fully saturated rings. The number of benzene rings is 1. The third kappa shape index (κ3) is 10.9. The second kappa shape index (κ2) is 13.8. The Morgan fingerprint density at radius 3 is 2.26 bits per heavy atom. The minimum atomic E-state index is -4.40. The summed E-state index contributed by atoms with van der Waals surface area (Å²) in [6, 6.07) is 7.13. The summed E-state index contributed by atoms with van der Waals surface area (Å²) in [6.45, 7) is 9.86. The molecular weight excluding hydrogens is 443 g/mol. The van der Waals surface area contributed by atoms with Gasteiger partial charge in [-0.25, -0.2) is 0 Å². The van der Waals surface area contributed by atoms with Crippen molar-refractivity contribution in [2.24, 2.45) is 5.92 Å². The van der Waals surface area contributed by atoms with Crippen LogP contribution in [-0.2, 0) is 20.7 Å². The number of carbonyl (C=O) groups is 2. The van der Waals surface area contributed by atoms with Crippen LogP contribution >= 0.6 is 0 Å². The molecule has 0 atom stereocenters. The van der Waals surface area contributed by atoms with Crippen molar-refractivity contribution in [2.75, 3.05) is 20.2 Å². The first kappa shape index (κ1) is 29.2. The van der Waals surface area contributed by atoms with Crippen LogP contribution in [0.3, 0.4) is 0 Å². The van der Waals surface area contributed by atoms with Crippen LogP contribution in [0.2, 0.25) is 0 Å². The number of alkyl halides is 3. The summed E-state index contributed by atoms with van der Waals surface area (Å²) in [4.78, 5) is 24.4. The average Bonchev–Trinajstić information content (AvgIpc) is 3.60. The monoisotopic (exact) mass is 479 g/mol. The Kier molecular flexibility index (Phi) is 11.8. The van der Waals surface area contributed by atoms with E-state index in [0.717, 1.165) is 42.7 Å². The van der Waals surface area contributed by atoms with E-state index in [4.69, 9.17) is 4.74 Å². The molecule has 1 saturated carbocycles. The molecule has 2 rings (SSSR count). The molecule has 0 saturated heterocycles. The molecule has 0 aliphatic heterocycles. The van der Waals surface area contributed by atoms with Gasteiger partial charge in [-0.1, -0.05) is 42.0 Å². The van der Waals surface area contributed by atoms with E-state index in [1.54, 1.807) is 56.9 Å². The summed E-state index contributed by atoms with van der Waals surface area (Å²) in [5.41, 5.74) is 2.07. The molecule has 0 N–H and O–H groups in total. The van der Waals surface area contributed by atoms with Gasteiger partial charge >= 0.3 is 12.1 Å².